The quantitative estimate of drug-likeness (QED) is 0.629. The number of nitrogens with zero attached hydrogens (tertiary/aromatic N) is 4. The molecule has 1 aromatic heterocycles. The van der Waals surface area contributed by atoms with E-state index in [0.29, 0.717) is 42.6 Å². The molecule has 9 nitrogen and oxygen atoms in total. The van der Waals surface area contributed by atoms with Crippen LogP contribution in [0.1, 0.15) is 25.5 Å². The van der Waals surface area contributed by atoms with Gasteiger partial charge in [-0.3, -0.25) is 19.2 Å². The maximum atomic E-state index is 12.8. The second-order valence-electron chi connectivity index (χ2n) is 7.78. The molecule has 1 aromatic carbocycles. The molecule has 0 aliphatic carbocycles. The van der Waals surface area contributed by atoms with Crippen molar-refractivity contribution in [3.8, 4) is 0 Å². The number of aromatic nitrogens is 2. The number of likely N-dealkylation sites (tertiary alicyclic amines) is 1. The Balaban J connectivity index is 1.65. The SMILES string of the molecule is CCOC(=O)C1CCCN(C(=O)CN(C)C(=O)Cc2nn(C)c(=O)c3ccccc23)C1. The van der Waals surface area contributed by atoms with Gasteiger partial charge in [-0.25, -0.2) is 4.68 Å². The minimum atomic E-state index is -0.320. The number of esters is 1. The summed E-state index contributed by atoms with van der Waals surface area (Å²) in [4.78, 5) is 52.7. The molecule has 0 saturated carbocycles. The van der Waals surface area contributed by atoms with Crippen molar-refractivity contribution in [2.24, 2.45) is 13.0 Å². The molecule has 1 unspecified atom stereocenters. The van der Waals surface area contributed by atoms with E-state index in [0.717, 1.165) is 6.42 Å². The molecular weight excluding hydrogens is 400 g/mol. The molecule has 1 aliphatic heterocycles. The van der Waals surface area contributed by atoms with Crippen LogP contribution in [-0.2, 0) is 32.6 Å². The third-order valence-corrected chi connectivity index (χ3v) is 5.54. The smallest absolute Gasteiger partial charge is 0.310 e. The van der Waals surface area contributed by atoms with Crippen molar-refractivity contribution in [1.29, 1.82) is 0 Å². The highest BCUT2D eigenvalue weighted by Gasteiger charge is 2.30. The molecule has 3 rings (SSSR count). The first-order valence-corrected chi connectivity index (χ1v) is 10.4. The first-order valence-electron chi connectivity index (χ1n) is 10.4. The Bertz CT molecular complexity index is 1050. The third kappa shape index (κ3) is 5.10. The number of fused-ring (bicyclic) bond motifs is 1. The maximum absolute atomic E-state index is 12.8. The summed E-state index contributed by atoms with van der Waals surface area (Å²) in [5.74, 6) is -1.08. The van der Waals surface area contributed by atoms with Crippen LogP contribution in [0.25, 0.3) is 10.8 Å². The van der Waals surface area contributed by atoms with E-state index in [1.807, 2.05) is 0 Å². The number of carbonyl (C=O) groups is 3. The molecule has 0 bridgehead atoms. The number of hydrogen-bond donors (Lipinski definition) is 0. The fourth-order valence-electron chi connectivity index (χ4n) is 3.83. The van der Waals surface area contributed by atoms with Crippen molar-refractivity contribution in [2.75, 3.05) is 33.3 Å². The monoisotopic (exact) mass is 428 g/mol. The van der Waals surface area contributed by atoms with Crippen molar-refractivity contribution in [1.82, 2.24) is 19.6 Å². The van der Waals surface area contributed by atoms with Crippen LogP contribution in [0.3, 0.4) is 0 Å². The summed E-state index contributed by atoms with van der Waals surface area (Å²) in [6.45, 7) is 2.86. The molecule has 0 radical (unpaired) electrons. The van der Waals surface area contributed by atoms with E-state index in [2.05, 4.69) is 5.10 Å². The summed E-state index contributed by atoms with van der Waals surface area (Å²) in [7, 11) is 3.11. The number of amides is 2. The summed E-state index contributed by atoms with van der Waals surface area (Å²) >= 11 is 0. The van der Waals surface area contributed by atoms with Gasteiger partial charge in [0.25, 0.3) is 5.56 Å². The largest absolute Gasteiger partial charge is 0.466 e. The van der Waals surface area contributed by atoms with Gasteiger partial charge in [0, 0.05) is 32.6 Å². The molecule has 1 atom stereocenters. The molecule has 1 saturated heterocycles. The Morgan fingerprint density at radius 2 is 1.94 bits per heavy atom. The van der Waals surface area contributed by atoms with Crippen LogP contribution in [0.2, 0.25) is 0 Å². The summed E-state index contributed by atoms with van der Waals surface area (Å²) in [6.07, 6.45) is 1.40. The van der Waals surface area contributed by atoms with E-state index >= 15 is 0 Å². The van der Waals surface area contributed by atoms with E-state index in [4.69, 9.17) is 4.74 Å². The Hall–Kier alpha value is -3.23. The van der Waals surface area contributed by atoms with Crippen molar-refractivity contribution in [2.45, 2.75) is 26.2 Å². The van der Waals surface area contributed by atoms with Crippen molar-refractivity contribution < 1.29 is 19.1 Å². The minimum Gasteiger partial charge on any atom is -0.466 e. The first kappa shape index (κ1) is 22.5. The summed E-state index contributed by atoms with van der Waals surface area (Å²) in [6, 6.07) is 7.03. The van der Waals surface area contributed by atoms with Crippen molar-refractivity contribution >= 4 is 28.6 Å². The first-order chi connectivity index (χ1) is 14.8. The molecular formula is C22H28N4O5. The average Bonchev–Trinajstić information content (AvgIpc) is 2.77. The van der Waals surface area contributed by atoms with E-state index in [9.17, 15) is 19.2 Å². The highest BCUT2D eigenvalue weighted by Crippen LogP contribution is 2.18. The molecule has 2 heterocycles. The highest BCUT2D eigenvalue weighted by molar-refractivity contribution is 5.90. The normalized spacial score (nSPS) is 16.2. The molecule has 1 fully saturated rings. The molecule has 9 heteroatoms. The van der Waals surface area contributed by atoms with Crippen LogP contribution in [0.4, 0.5) is 0 Å². The number of hydrogen-bond acceptors (Lipinski definition) is 6. The summed E-state index contributed by atoms with van der Waals surface area (Å²) in [5.41, 5.74) is 0.263. The van der Waals surface area contributed by atoms with Crippen LogP contribution >= 0.6 is 0 Å². The van der Waals surface area contributed by atoms with Gasteiger partial charge >= 0.3 is 5.97 Å². The number of benzene rings is 1. The zero-order valence-electron chi connectivity index (χ0n) is 18.2. The summed E-state index contributed by atoms with van der Waals surface area (Å²) in [5, 5.41) is 5.38. The molecule has 166 valence electrons. The number of carbonyl (C=O) groups excluding carboxylic acids is 3. The van der Waals surface area contributed by atoms with Crippen LogP contribution in [0.15, 0.2) is 29.1 Å². The van der Waals surface area contributed by atoms with Gasteiger partial charge in [0.05, 0.1) is 36.6 Å². The van der Waals surface area contributed by atoms with Crippen molar-refractivity contribution in [3.05, 3.63) is 40.3 Å². The molecule has 2 aromatic rings. The van der Waals surface area contributed by atoms with E-state index in [1.54, 1.807) is 50.2 Å². The third-order valence-electron chi connectivity index (χ3n) is 5.54. The topological polar surface area (TPSA) is 102 Å². The number of likely N-dealkylation sites (N-methyl/N-ethyl adjacent to an activating group) is 1. The van der Waals surface area contributed by atoms with Gasteiger partial charge in [0.15, 0.2) is 0 Å². The van der Waals surface area contributed by atoms with Crippen LogP contribution < -0.4 is 5.56 Å². The molecule has 0 N–H and O–H groups in total. The lowest BCUT2D eigenvalue weighted by atomic mass is 9.98. The highest BCUT2D eigenvalue weighted by atomic mass is 16.5. The van der Waals surface area contributed by atoms with Gasteiger partial charge in [-0.2, -0.15) is 5.10 Å². The van der Waals surface area contributed by atoms with Crippen LogP contribution in [0, 0.1) is 5.92 Å². The molecule has 1 aliphatic rings. The van der Waals surface area contributed by atoms with E-state index in [1.165, 1.54) is 9.58 Å². The number of rotatable bonds is 6. The van der Waals surface area contributed by atoms with Gasteiger partial charge in [-0.05, 0) is 25.8 Å². The zero-order chi connectivity index (χ0) is 22.5. The number of piperidine rings is 1. The second kappa shape index (κ2) is 9.72. The van der Waals surface area contributed by atoms with Crippen molar-refractivity contribution in [3.63, 3.8) is 0 Å². The predicted molar refractivity (Wildman–Crippen MR) is 114 cm³/mol. The van der Waals surface area contributed by atoms with E-state index in [-0.39, 0.29) is 42.2 Å². The summed E-state index contributed by atoms with van der Waals surface area (Å²) < 4.78 is 6.30. The molecule has 2 amide bonds. The minimum absolute atomic E-state index is 0.0239. The fourth-order valence-corrected chi connectivity index (χ4v) is 3.83. The van der Waals surface area contributed by atoms with E-state index < -0.39 is 0 Å². The Morgan fingerprint density at radius 1 is 1.23 bits per heavy atom. The van der Waals surface area contributed by atoms with Gasteiger partial charge < -0.3 is 14.5 Å². The maximum Gasteiger partial charge on any atom is 0.310 e. The zero-order valence-corrected chi connectivity index (χ0v) is 18.2. The Labute approximate surface area is 180 Å². The second-order valence-corrected chi connectivity index (χ2v) is 7.78. The Kier molecular flexibility index (Phi) is 7.04. The van der Waals surface area contributed by atoms with Crippen LogP contribution in [0.5, 0.6) is 0 Å². The number of ether oxygens (including phenoxy) is 1. The average molecular weight is 428 g/mol. The molecule has 0 spiro atoms. The predicted octanol–water partition coefficient (Wildman–Crippen LogP) is 0.736. The Morgan fingerprint density at radius 3 is 2.65 bits per heavy atom. The lowest BCUT2D eigenvalue weighted by Gasteiger charge is -2.32. The van der Waals surface area contributed by atoms with Crippen LogP contribution in [-0.4, -0.2) is 70.7 Å². The van der Waals surface area contributed by atoms with Gasteiger partial charge in [0.2, 0.25) is 11.8 Å². The lowest BCUT2D eigenvalue weighted by molar-refractivity contribution is -0.152. The lowest BCUT2D eigenvalue weighted by Crippen LogP contribution is -2.47. The van der Waals surface area contributed by atoms with Gasteiger partial charge in [-0.15, -0.1) is 0 Å². The standard InChI is InChI=1S/C22H28N4O5/c1-4-31-22(30)15-8-7-11-26(13-15)20(28)14-24(2)19(27)12-18-16-9-5-6-10-17(16)21(29)25(3)23-18/h5-6,9-10,15H,4,7-8,11-14H2,1-3H3. The number of aryl methyl sites for hydroxylation is 1. The molecule has 31 heavy (non-hydrogen) atoms. The van der Waals surface area contributed by atoms with Gasteiger partial charge in [-0.1, -0.05) is 18.2 Å². The fraction of sp³-hybridized carbons (Fsp3) is 0.500. The van der Waals surface area contributed by atoms with Gasteiger partial charge in [0.1, 0.15) is 0 Å².